The molecule has 2 aromatic rings. The zero-order chi connectivity index (χ0) is 17.2. The largest absolute Gasteiger partial charge is 0.490 e. The van der Waals surface area contributed by atoms with E-state index in [-0.39, 0.29) is 17.4 Å². The van der Waals surface area contributed by atoms with Crippen molar-refractivity contribution in [3.8, 4) is 11.5 Å². The van der Waals surface area contributed by atoms with Crippen molar-refractivity contribution in [2.45, 2.75) is 6.42 Å². The molecule has 1 amide bonds. The van der Waals surface area contributed by atoms with E-state index in [0.29, 0.717) is 36.1 Å². The van der Waals surface area contributed by atoms with E-state index >= 15 is 0 Å². The van der Waals surface area contributed by atoms with Gasteiger partial charge in [0.2, 0.25) is 0 Å². The first-order valence-electron chi connectivity index (χ1n) is 7.96. The van der Waals surface area contributed by atoms with Gasteiger partial charge in [-0.1, -0.05) is 6.07 Å². The lowest BCUT2D eigenvalue weighted by molar-refractivity contribution is -0.115. The van der Waals surface area contributed by atoms with Crippen LogP contribution in [0.2, 0.25) is 0 Å². The number of amidine groups is 1. The Kier molecular flexibility index (Phi) is 3.93. The summed E-state index contributed by atoms with van der Waals surface area (Å²) in [6.45, 7) is 1.22. The average molecular weight is 338 g/mol. The van der Waals surface area contributed by atoms with Gasteiger partial charge in [-0.3, -0.25) is 4.79 Å². The summed E-state index contributed by atoms with van der Waals surface area (Å²) in [5, 5.41) is 2.70. The molecule has 0 aliphatic carbocycles. The minimum Gasteiger partial charge on any atom is -0.490 e. The molecule has 0 spiro atoms. The molecule has 4 rings (SSSR count). The minimum absolute atomic E-state index is 0.286. The van der Waals surface area contributed by atoms with E-state index in [0.717, 1.165) is 12.0 Å². The van der Waals surface area contributed by atoms with Crippen molar-refractivity contribution >= 4 is 17.8 Å². The molecule has 0 saturated carbocycles. The summed E-state index contributed by atoms with van der Waals surface area (Å²) in [4.78, 5) is 16.5. The number of hydrogen-bond acceptors (Lipinski definition) is 4. The number of carbonyl (C=O) groups excluding carboxylic acids is 1. The summed E-state index contributed by atoms with van der Waals surface area (Å²) in [6.07, 6.45) is 2.51. The Morgan fingerprint density at radius 1 is 1.04 bits per heavy atom. The maximum Gasteiger partial charge on any atom is 0.275 e. The van der Waals surface area contributed by atoms with Gasteiger partial charge in [-0.05, 0) is 48.0 Å². The molecule has 0 radical (unpaired) electrons. The van der Waals surface area contributed by atoms with Crippen molar-refractivity contribution in [2.75, 3.05) is 13.2 Å². The highest BCUT2D eigenvalue weighted by atomic mass is 19.1. The van der Waals surface area contributed by atoms with Gasteiger partial charge in [0.1, 0.15) is 17.3 Å². The second kappa shape index (κ2) is 6.39. The van der Waals surface area contributed by atoms with Gasteiger partial charge in [0, 0.05) is 12.0 Å². The highest BCUT2D eigenvalue weighted by Gasteiger charge is 2.21. The molecule has 0 unspecified atom stereocenters. The van der Waals surface area contributed by atoms with Gasteiger partial charge in [-0.25, -0.2) is 9.38 Å². The molecule has 0 fully saturated rings. The minimum atomic E-state index is -0.336. The molecule has 25 heavy (non-hydrogen) atoms. The van der Waals surface area contributed by atoms with Gasteiger partial charge in [-0.15, -0.1) is 0 Å². The van der Waals surface area contributed by atoms with Gasteiger partial charge in [0.25, 0.3) is 5.91 Å². The van der Waals surface area contributed by atoms with Crippen LogP contribution < -0.4 is 14.8 Å². The standard InChI is InChI=1S/C19H15FN2O3/c20-14-5-3-13(4-6-14)18-21-15(19(23)22-18)10-12-2-7-16-17(11-12)25-9-1-8-24-16/h2-7,10-11H,1,8-9H2,(H,21,22,23)/b15-10+. The SMILES string of the molecule is O=C1NC(c2ccc(F)cc2)=N/C1=C/c1ccc2c(c1)OCCCO2. The quantitative estimate of drug-likeness (QED) is 0.857. The zero-order valence-electron chi connectivity index (χ0n) is 13.3. The molecular weight excluding hydrogens is 323 g/mol. The number of aliphatic imine (C=N–C) groups is 1. The number of nitrogens with zero attached hydrogens (tertiary/aromatic N) is 1. The number of hydrogen-bond donors (Lipinski definition) is 1. The molecule has 5 nitrogen and oxygen atoms in total. The van der Waals surface area contributed by atoms with Crippen molar-refractivity contribution in [3.63, 3.8) is 0 Å². The van der Waals surface area contributed by atoms with Crippen LogP contribution in [0.1, 0.15) is 17.5 Å². The second-order valence-electron chi connectivity index (χ2n) is 5.71. The Hall–Kier alpha value is -3.15. The van der Waals surface area contributed by atoms with Crippen LogP contribution in [-0.4, -0.2) is 25.0 Å². The van der Waals surface area contributed by atoms with E-state index < -0.39 is 0 Å². The fourth-order valence-corrected chi connectivity index (χ4v) is 2.64. The van der Waals surface area contributed by atoms with Crippen LogP contribution in [-0.2, 0) is 4.79 Å². The first-order chi connectivity index (χ1) is 12.2. The Balaban J connectivity index is 1.63. The van der Waals surface area contributed by atoms with Crippen molar-refractivity contribution in [1.29, 1.82) is 0 Å². The van der Waals surface area contributed by atoms with Crippen LogP contribution >= 0.6 is 0 Å². The molecule has 1 N–H and O–H groups in total. The Morgan fingerprint density at radius 3 is 2.60 bits per heavy atom. The Bertz CT molecular complexity index is 888. The molecule has 2 heterocycles. The van der Waals surface area contributed by atoms with E-state index in [9.17, 15) is 9.18 Å². The van der Waals surface area contributed by atoms with Crippen LogP contribution in [0.25, 0.3) is 6.08 Å². The van der Waals surface area contributed by atoms with E-state index in [4.69, 9.17) is 9.47 Å². The molecule has 126 valence electrons. The molecule has 2 aliphatic rings. The number of carbonyl (C=O) groups is 1. The number of benzene rings is 2. The van der Waals surface area contributed by atoms with Gasteiger partial charge in [-0.2, -0.15) is 0 Å². The topological polar surface area (TPSA) is 59.9 Å². The second-order valence-corrected chi connectivity index (χ2v) is 5.71. The van der Waals surface area contributed by atoms with Crippen LogP contribution in [0, 0.1) is 5.82 Å². The average Bonchev–Trinajstić information content (AvgIpc) is 2.82. The van der Waals surface area contributed by atoms with E-state index in [1.807, 2.05) is 18.2 Å². The summed E-state index contributed by atoms with van der Waals surface area (Å²) in [7, 11) is 0. The lowest BCUT2D eigenvalue weighted by atomic mass is 10.1. The summed E-state index contributed by atoms with van der Waals surface area (Å²) < 4.78 is 24.3. The monoisotopic (exact) mass is 338 g/mol. The van der Waals surface area contributed by atoms with Gasteiger partial charge in [0.05, 0.1) is 13.2 Å². The molecule has 0 atom stereocenters. The maximum atomic E-state index is 13.0. The number of ether oxygens (including phenoxy) is 2. The third-order valence-corrected chi connectivity index (χ3v) is 3.89. The van der Waals surface area contributed by atoms with Crippen molar-refractivity contribution in [2.24, 2.45) is 4.99 Å². The van der Waals surface area contributed by atoms with E-state index in [1.165, 1.54) is 12.1 Å². The van der Waals surface area contributed by atoms with E-state index in [1.54, 1.807) is 18.2 Å². The third-order valence-electron chi connectivity index (χ3n) is 3.89. The summed E-state index contributed by atoms with van der Waals surface area (Å²) in [6, 6.07) is 11.3. The highest BCUT2D eigenvalue weighted by molar-refractivity contribution is 6.19. The number of halogens is 1. The lowest BCUT2D eigenvalue weighted by Gasteiger charge is -2.07. The van der Waals surface area contributed by atoms with Crippen LogP contribution in [0.15, 0.2) is 53.2 Å². The molecule has 2 aliphatic heterocycles. The van der Waals surface area contributed by atoms with Crippen molar-refractivity contribution in [3.05, 3.63) is 65.1 Å². The number of nitrogens with one attached hydrogen (secondary N) is 1. The molecule has 0 aromatic heterocycles. The van der Waals surface area contributed by atoms with Crippen LogP contribution in [0.4, 0.5) is 4.39 Å². The van der Waals surface area contributed by atoms with Crippen LogP contribution in [0.5, 0.6) is 11.5 Å². The lowest BCUT2D eigenvalue weighted by Crippen LogP contribution is -2.24. The summed E-state index contributed by atoms with van der Waals surface area (Å²) in [5.74, 6) is 1.13. The molecule has 6 heteroatoms. The number of amides is 1. The first-order valence-corrected chi connectivity index (χ1v) is 7.96. The molecule has 2 aromatic carbocycles. The molecule has 0 bridgehead atoms. The van der Waals surface area contributed by atoms with Gasteiger partial charge >= 0.3 is 0 Å². The normalized spacial score (nSPS) is 17.9. The summed E-state index contributed by atoms with van der Waals surface area (Å²) in [5.41, 5.74) is 1.73. The fraction of sp³-hybridized carbons (Fsp3) is 0.158. The van der Waals surface area contributed by atoms with Gasteiger partial charge in [0.15, 0.2) is 11.5 Å². The predicted molar refractivity (Wildman–Crippen MR) is 91.1 cm³/mol. The number of fused-ring (bicyclic) bond motifs is 1. The maximum absolute atomic E-state index is 13.0. The van der Waals surface area contributed by atoms with Crippen molar-refractivity contribution < 1.29 is 18.7 Å². The Morgan fingerprint density at radius 2 is 1.80 bits per heavy atom. The Labute approximate surface area is 143 Å². The summed E-state index contributed by atoms with van der Waals surface area (Å²) >= 11 is 0. The van der Waals surface area contributed by atoms with E-state index in [2.05, 4.69) is 10.3 Å². The zero-order valence-corrected chi connectivity index (χ0v) is 13.3. The van der Waals surface area contributed by atoms with Crippen LogP contribution in [0.3, 0.4) is 0 Å². The molecule has 0 saturated heterocycles. The molecular formula is C19H15FN2O3. The fourth-order valence-electron chi connectivity index (χ4n) is 2.64. The first kappa shape index (κ1) is 15.4. The van der Waals surface area contributed by atoms with Gasteiger partial charge < -0.3 is 14.8 Å². The highest BCUT2D eigenvalue weighted by Crippen LogP contribution is 2.31. The number of rotatable bonds is 2. The predicted octanol–water partition coefficient (Wildman–Crippen LogP) is 2.90. The third kappa shape index (κ3) is 3.24. The van der Waals surface area contributed by atoms with Crippen molar-refractivity contribution in [1.82, 2.24) is 5.32 Å². The smallest absolute Gasteiger partial charge is 0.275 e.